The van der Waals surface area contributed by atoms with E-state index in [1.165, 1.54) is 0 Å². The van der Waals surface area contributed by atoms with E-state index in [1.54, 1.807) is 35.4 Å². The number of hydrogen-bond donors (Lipinski definition) is 2. The molecule has 3 rings (SSSR count). The summed E-state index contributed by atoms with van der Waals surface area (Å²) in [6.07, 6.45) is 5.38. The molecule has 0 bridgehead atoms. The normalized spacial score (nSPS) is 10.5. The Hall–Kier alpha value is -2.96. The molecule has 0 aliphatic rings. The zero-order chi connectivity index (χ0) is 13.2. The van der Waals surface area contributed by atoms with Crippen molar-refractivity contribution >= 4 is 17.6 Å². The summed E-state index contributed by atoms with van der Waals surface area (Å²) in [5, 5.41) is 10.8. The van der Waals surface area contributed by atoms with Gasteiger partial charge in [-0.25, -0.2) is 14.8 Å². The van der Waals surface area contributed by atoms with Crippen molar-refractivity contribution in [2.75, 3.05) is 5.32 Å². The standard InChI is InChI=1S/C12H9N5O2/c18-12(19)16-10-6-17-7-14-9(4-11(17)15-10)8-2-1-3-13-5-8/h1-7,16H,(H,18,19). The van der Waals surface area contributed by atoms with Crippen LogP contribution in [0.15, 0.2) is 43.1 Å². The lowest BCUT2D eigenvalue weighted by atomic mass is 10.2. The van der Waals surface area contributed by atoms with Crippen LogP contribution in [0.2, 0.25) is 0 Å². The fraction of sp³-hybridized carbons (Fsp3) is 0. The lowest BCUT2D eigenvalue weighted by Crippen LogP contribution is -2.06. The lowest BCUT2D eigenvalue weighted by Gasteiger charge is -1.99. The monoisotopic (exact) mass is 255 g/mol. The van der Waals surface area contributed by atoms with Crippen molar-refractivity contribution in [2.24, 2.45) is 0 Å². The Bertz CT molecular complexity index is 738. The molecule has 0 aliphatic carbocycles. The molecule has 3 aromatic rings. The maximum absolute atomic E-state index is 10.5. The minimum Gasteiger partial charge on any atom is -0.465 e. The zero-order valence-corrected chi connectivity index (χ0v) is 9.69. The van der Waals surface area contributed by atoms with Gasteiger partial charge in [0.15, 0.2) is 5.82 Å². The number of pyridine rings is 1. The van der Waals surface area contributed by atoms with E-state index in [2.05, 4.69) is 20.3 Å². The van der Waals surface area contributed by atoms with Gasteiger partial charge < -0.3 is 5.11 Å². The third-order valence-electron chi connectivity index (χ3n) is 2.54. The van der Waals surface area contributed by atoms with Gasteiger partial charge in [0.2, 0.25) is 0 Å². The largest absolute Gasteiger partial charge is 0.465 e. The van der Waals surface area contributed by atoms with E-state index in [4.69, 9.17) is 5.11 Å². The van der Waals surface area contributed by atoms with Gasteiger partial charge in [-0.05, 0) is 12.1 Å². The third-order valence-corrected chi connectivity index (χ3v) is 2.54. The molecule has 0 saturated heterocycles. The summed E-state index contributed by atoms with van der Waals surface area (Å²) in [6, 6.07) is 5.49. The number of rotatable bonds is 2. The summed E-state index contributed by atoms with van der Waals surface area (Å²) >= 11 is 0. The number of anilines is 1. The van der Waals surface area contributed by atoms with Crippen LogP contribution in [0.3, 0.4) is 0 Å². The number of hydrogen-bond acceptors (Lipinski definition) is 4. The van der Waals surface area contributed by atoms with Gasteiger partial charge in [0, 0.05) is 24.0 Å². The van der Waals surface area contributed by atoms with Crippen molar-refractivity contribution in [3.63, 3.8) is 0 Å². The van der Waals surface area contributed by atoms with Crippen molar-refractivity contribution in [3.05, 3.63) is 43.1 Å². The molecule has 0 fully saturated rings. The van der Waals surface area contributed by atoms with Crippen molar-refractivity contribution in [1.29, 1.82) is 0 Å². The number of imidazole rings is 1. The topological polar surface area (TPSA) is 92.4 Å². The van der Waals surface area contributed by atoms with Gasteiger partial charge in [-0.1, -0.05) is 0 Å². The summed E-state index contributed by atoms with van der Waals surface area (Å²) in [4.78, 5) is 23.0. The van der Waals surface area contributed by atoms with Crippen LogP contribution in [0.25, 0.3) is 16.9 Å². The van der Waals surface area contributed by atoms with E-state index in [-0.39, 0.29) is 5.82 Å². The zero-order valence-electron chi connectivity index (χ0n) is 9.69. The second-order valence-corrected chi connectivity index (χ2v) is 3.84. The van der Waals surface area contributed by atoms with Gasteiger partial charge in [-0.2, -0.15) is 0 Å². The van der Waals surface area contributed by atoms with Crippen molar-refractivity contribution < 1.29 is 9.90 Å². The van der Waals surface area contributed by atoms with E-state index in [1.807, 2.05) is 12.1 Å². The predicted molar refractivity (Wildman–Crippen MR) is 67.9 cm³/mol. The minimum atomic E-state index is -1.15. The van der Waals surface area contributed by atoms with E-state index in [0.717, 1.165) is 11.3 Å². The molecule has 7 heteroatoms. The number of aromatic nitrogens is 4. The van der Waals surface area contributed by atoms with Crippen LogP contribution in [-0.4, -0.2) is 30.6 Å². The average Bonchev–Trinajstić information content (AvgIpc) is 2.79. The average molecular weight is 255 g/mol. The number of nitrogens with one attached hydrogen (secondary N) is 1. The maximum Gasteiger partial charge on any atom is 0.410 e. The Kier molecular flexibility index (Phi) is 2.57. The van der Waals surface area contributed by atoms with E-state index in [0.29, 0.717) is 5.65 Å². The van der Waals surface area contributed by atoms with E-state index < -0.39 is 6.09 Å². The maximum atomic E-state index is 10.5. The molecule has 0 saturated carbocycles. The SMILES string of the molecule is O=C(O)Nc1cn2cnc(-c3cccnc3)cc2n1. The van der Waals surface area contributed by atoms with Gasteiger partial charge in [0.05, 0.1) is 11.9 Å². The fourth-order valence-corrected chi connectivity index (χ4v) is 1.73. The summed E-state index contributed by atoms with van der Waals surface area (Å²) in [5.74, 6) is 0.262. The summed E-state index contributed by atoms with van der Waals surface area (Å²) in [5.41, 5.74) is 2.21. The van der Waals surface area contributed by atoms with Crippen LogP contribution in [-0.2, 0) is 0 Å². The van der Waals surface area contributed by atoms with E-state index >= 15 is 0 Å². The summed E-state index contributed by atoms with van der Waals surface area (Å²) < 4.78 is 1.64. The van der Waals surface area contributed by atoms with Crippen LogP contribution in [0.4, 0.5) is 10.6 Å². The van der Waals surface area contributed by atoms with Gasteiger partial charge in [-0.15, -0.1) is 0 Å². The van der Waals surface area contributed by atoms with Crippen molar-refractivity contribution in [3.8, 4) is 11.3 Å². The van der Waals surface area contributed by atoms with Crippen molar-refractivity contribution in [1.82, 2.24) is 19.4 Å². The van der Waals surface area contributed by atoms with Gasteiger partial charge in [-0.3, -0.25) is 14.7 Å². The fourth-order valence-electron chi connectivity index (χ4n) is 1.73. The Labute approximate surface area is 107 Å². The molecule has 1 amide bonds. The highest BCUT2D eigenvalue weighted by molar-refractivity contribution is 5.82. The molecule has 94 valence electrons. The Morgan fingerprint density at radius 1 is 1.42 bits per heavy atom. The third kappa shape index (κ3) is 2.21. The van der Waals surface area contributed by atoms with Crippen LogP contribution >= 0.6 is 0 Å². The molecule has 0 aromatic carbocycles. The molecular formula is C12H9N5O2. The van der Waals surface area contributed by atoms with Crippen molar-refractivity contribution in [2.45, 2.75) is 0 Å². The van der Waals surface area contributed by atoms with Gasteiger partial charge in [0.25, 0.3) is 0 Å². The molecule has 0 atom stereocenters. The Morgan fingerprint density at radius 3 is 3.05 bits per heavy atom. The number of nitrogens with zero attached hydrogens (tertiary/aromatic N) is 4. The molecular weight excluding hydrogens is 246 g/mol. The number of carboxylic acid groups (broad SMARTS) is 1. The van der Waals surface area contributed by atoms with Crippen LogP contribution in [0.1, 0.15) is 0 Å². The molecule has 0 aliphatic heterocycles. The Balaban J connectivity index is 2.03. The first-order chi connectivity index (χ1) is 9.22. The first kappa shape index (κ1) is 11.1. The Morgan fingerprint density at radius 2 is 2.32 bits per heavy atom. The van der Waals surface area contributed by atoms with Crippen LogP contribution in [0.5, 0.6) is 0 Å². The number of amides is 1. The van der Waals surface area contributed by atoms with E-state index in [9.17, 15) is 4.79 Å². The van der Waals surface area contributed by atoms with Crippen LogP contribution in [0, 0.1) is 0 Å². The molecule has 3 aromatic heterocycles. The molecule has 2 N–H and O–H groups in total. The molecule has 3 heterocycles. The second-order valence-electron chi connectivity index (χ2n) is 3.84. The summed E-state index contributed by atoms with van der Waals surface area (Å²) in [7, 11) is 0. The molecule has 7 nitrogen and oxygen atoms in total. The quantitative estimate of drug-likeness (QED) is 0.729. The molecule has 0 unspecified atom stereocenters. The molecule has 0 radical (unpaired) electrons. The first-order valence-electron chi connectivity index (χ1n) is 5.47. The highest BCUT2D eigenvalue weighted by Gasteiger charge is 2.06. The highest BCUT2D eigenvalue weighted by Crippen LogP contribution is 2.18. The molecule has 19 heavy (non-hydrogen) atoms. The second kappa shape index (κ2) is 4.37. The first-order valence-corrected chi connectivity index (χ1v) is 5.47. The van der Waals surface area contributed by atoms with Crippen LogP contribution < -0.4 is 5.32 Å². The summed E-state index contributed by atoms with van der Waals surface area (Å²) in [6.45, 7) is 0. The predicted octanol–water partition coefficient (Wildman–Crippen LogP) is 1.88. The van der Waals surface area contributed by atoms with Gasteiger partial charge in [0.1, 0.15) is 12.0 Å². The minimum absolute atomic E-state index is 0.262. The lowest BCUT2D eigenvalue weighted by molar-refractivity contribution is 0.209. The highest BCUT2D eigenvalue weighted by atomic mass is 16.4. The smallest absolute Gasteiger partial charge is 0.410 e. The number of fused-ring (bicyclic) bond motifs is 1. The van der Waals surface area contributed by atoms with Gasteiger partial charge >= 0.3 is 6.09 Å². The number of carbonyl (C=O) groups is 1. The molecule has 0 spiro atoms.